The lowest BCUT2D eigenvalue weighted by atomic mass is 9.99. The second kappa shape index (κ2) is 6.33. The summed E-state index contributed by atoms with van der Waals surface area (Å²) in [6, 6.07) is 15.1. The summed E-state index contributed by atoms with van der Waals surface area (Å²) in [7, 11) is 0. The van der Waals surface area contributed by atoms with Gasteiger partial charge in [-0.1, -0.05) is 64.8 Å². The molecule has 3 aromatic rings. The summed E-state index contributed by atoms with van der Waals surface area (Å²) in [5.74, 6) is 0.648. The van der Waals surface area contributed by atoms with Crippen molar-refractivity contribution in [2.75, 3.05) is 0 Å². The zero-order valence-corrected chi connectivity index (χ0v) is 14.0. The highest BCUT2D eigenvalue weighted by molar-refractivity contribution is 6.39. The van der Waals surface area contributed by atoms with Crippen LogP contribution in [0.2, 0.25) is 10.0 Å². The highest BCUT2D eigenvalue weighted by atomic mass is 35.5. The molecular formula is C17H12Cl3NO. The first-order chi connectivity index (χ1) is 10.6. The zero-order valence-electron chi connectivity index (χ0n) is 11.7. The van der Waals surface area contributed by atoms with E-state index in [0.29, 0.717) is 27.1 Å². The number of rotatable bonds is 3. The fourth-order valence-electron chi connectivity index (χ4n) is 2.37. The molecule has 5 heteroatoms. The first kappa shape index (κ1) is 15.4. The number of alkyl halides is 1. The van der Waals surface area contributed by atoms with Gasteiger partial charge in [-0.25, -0.2) is 0 Å². The van der Waals surface area contributed by atoms with Crippen molar-refractivity contribution in [3.63, 3.8) is 0 Å². The molecule has 0 aliphatic heterocycles. The van der Waals surface area contributed by atoms with Crippen LogP contribution in [0.25, 0.3) is 11.3 Å². The summed E-state index contributed by atoms with van der Waals surface area (Å²) in [6.07, 6.45) is 0. The number of hydrogen-bond acceptors (Lipinski definition) is 2. The molecular weight excluding hydrogens is 341 g/mol. The van der Waals surface area contributed by atoms with Gasteiger partial charge in [0.25, 0.3) is 0 Å². The Morgan fingerprint density at radius 2 is 1.59 bits per heavy atom. The molecule has 0 unspecified atom stereocenters. The SMILES string of the molecule is Cc1onc(-c2c(Cl)cccc2Cl)c1[C@H](Cl)c1ccccc1. The van der Waals surface area contributed by atoms with Gasteiger partial charge in [-0.2, -0.15) is 0 Å². The summed E-state index contributed by atoms with van der Waals surface area (Å²) in [5, 5.41) is 4.76. The van der Waals surface area contributed by atoms with Crippen LogP contribution in [0, 0.1) is 6.92 Å². The van der Waals surface area contributed by atoms with E-state index in [9.17, 15) is 0 Å². The molecule has 0 N–H and O–H groups in total. The summed E-state index contributed by atoms with van der Waals surface area (Å²) < 4.78 is 5.35. The van der Waals surface area contributed by atoms with Gasteiger partial charge in [-0.05, 0) is 24.6 Å². The van der Waals surface area contributed by atoms with Crippen molar-refractivity contribution in [1.82, 2.24) is 5.16 Å². The fourth-order valence-corrected chi connectivity index (χ4v) is 3.35. The molecule has 2 nitrogen and oxygen atoms in total. The van der Waals surface area contributed by atoms with E-state index in [0.717, 1.165) is 11.1 Å². The Morgan fingerprint density at radius 1 is 0.955 bits per heavy atom. The minimum absolute atomic E-state index is 0.394. The summed E-state index contributed by atoms with van der Waals surface area (Å²) >= 11 is 19.2. The molecule has 0 spiro atoms. The molecule has 0 aliphatic rings. The van der Waals surface area contributed by atoms with Gasteiger partial charge in [0, 0.05) is 11.1 Å². The van der Waals surface area contributed by atoms with E-state index < -0.39 is 5.38 Å². The lowest BCUT2D eigenvalue weighted by molar-refractivity contribution is 0.398. The van der Waals surface area contributed by atoms with Crippen molar-refractivity contribution in [2.24, 2.45) is 0 Å². The molecule has 0 radical (unpaired) electrons. The first-order valence-electron chi connectivity index (χ1n) is 6.69. The highest BCUT2D eigenvalue weighted by Gasteiger charge is 2.25. The molecule has 0 saturated carbocycles. The van der Waals surface area contributed by atoms with E-state index in [1.165, 1.54) is 0 Å². The van der Waals surface area contributed by atoms with E-state index in [2.05, 4.69) is 5.16 Å². The number of nitrogens with zero attached hydrogens (tertiary/aromatic N) is 1. The van der Waals surface area contributed by atoms with E-state index in [1.54, 1.807) is 18.2 Å². The van der Waals surface area contributed by atoms with Crippen LogP contribution in [-0.4, -0.2) is 5.16 Å². The van der Waals surface area contributed by atoms with Crippen LogP contribution in [0.4, 0.5) is 0 Å². The summed E-state index contributed by atoms with van der Waals surface area (Å²) in [4.78, 5) is 0. The molecule has 3 rings (SSSR count). The third-order valence-corrected chi connectivity index (χ3v) is 4.55. The van der Waals surface area contributed by atoms with Gasteiger partial charge in [-0.15, -0.1) is 11.6 Å². The topological polar surface area (TPSA) is 26.0 Å². The Kier molecular flexibility index (Phi) is 4.44. The van der Waals surface area contributed by atoms with Crippen LogP contribution < -0.4 is 0 Å². The Bertz CT molecular complexity index is 779. The van der Waals surface area contributed by atoms with Crippen molar-refractivity contribution in [3.8, 4) is 11.3 Å². The van der Waals surface area contributed by atoms with Crippen molar-refractivity contribution in [1.29, 1.82) is 0 Å². The molecule has 0 amide bonds. The van der Waals surface area contributed by atoms with Gasteiger partial charge in [-0.3, -0.25) is 0 Å². The standard InChI is InChI=1S/C17H12Cl3NO/c1-10-14(16(20)11-6-3-2-4-7-11)17(21-22-10)15-12(18)8-5-9-13(15)19/h2-9,16H,1H3/t16-/m1/s1. The molecule has 0 aliphatic carbocycles. The largest absolute Gasteiger partial charge is 0.361 e. The lowest BCUT2D eigenvalue weighted by Crippen LogP contribution is -1.97. The Morgan fingerprint density at radius 3 is 2.23 bits per heavy atom. The van der Waals surface area contributed by atoms with Crippen LogP contribution in [-0.2, 0) is 0 Å². The molecule has 1 atom stereocenters. The van der Waals surface area contributed by atoms with Gasteiger partial charge in [0.05, 0.1) is 15.4 Å². The van der Waals surface area contributed by atoms with Crippen molar-refractivity contribution < 1.29 is 4.52 Å². The molecule has 0 bridgehead atoms. The van der Waals surface area contributed by atoms with E-state index in [-0.39, 0.29) is 0 Å². The minimum Gasteiger partial charge on any atom is -0.361 e. The zero-order chi connectivity index (χ0) is 15.7. The molecule has 2 aromatic carbocycles. The molecule has 112 valence electrons. The number of aryl methyl sites for hydroxylation is 1. The summed E-state index contributed by atoms with van der Waals surface area (Å²) in [6.45, 7) is 1.83. The lowest BCUT2D eigenvalue weighted by Gasteiger charge is -2.12. The second-order valence-electron chi connectivity index (χ2n) is 4.87. The van der Waals surface area contributed by atoms with E-state index >= 15 is 0 Å². The van der Waals surface area contributed by atoms with Crippen LogP contribution in [0.15, 0.2) is 53.1 Å². The molecule has 1 heterocycles. The van der Waals surface area contributed by atoms with Crippen molar-refractivity contribution >= 4 is 34.8 Å². The number of aromatic nitrogens is 1. The van der Waals surface area contributed by atoms with Crippen molar-refractivity contribution in [2.45, 2.75) is 12.3 Å². The number of hydrogen-bond donors (Lipinski definition) is 0. The van der Waals surface area contributed by atoms with Crippen LogP contribution >= 0.6 is 34.8 Å². The predicted molar refractivity (Wildman–Crippen MR) is 90.8 cm³/mol. The van der Waals surface area contributed by atoms with Gasteiger partial charge < -0.3 is 4.52 Å². The number of halogens is 3. The third kappa shape index (κ3) is 2.74. The smallest absolute Gasteiger partial charge is 0.139 e. The fraction of sp³-hybridized carbons (Fsp3) is 0.118. The molecule has 0 fully saturated rings. The van der Waals surface area contributed by atoms with E-state index in [4.69, 9.17) is 39.3 Å². The van der Waals surface area contributed by atoms with Crippen LogP contribution in [0.3, 0.4) is 0 Å². The third-order valence-electron chi connectivity index (χ3n) is 3.45. The highest BCUT2D eigenvalue weighted by Crippen LogP contribution is 2.42. The first-order valence-corrected chi connectivity index (χ1v) is 7.88. The molecule has 22 heavy (non-hydrogen) atoms. The quantitative estimate of drug-likeness (QED) is 0.518. The van der Waals surface area contributed by atoms with Gasteiger partial charge in [0.2, 0.25) is 0 Å². The molecule has 1 aromatic heterocycles. The average molecular weight is 353 g/mol. The van der Waals surface area contributed by atoms with Gasteiger partial charge >= 0.3 is 0 Å². The second-order valence-corrected chi connectivity index (χ2v) is 6.12. The Labute approximate surface area is 143 Å². The Hall–Kier alpha value is -1.48. The minimum atomic E-state index is -0.394. The number of benzene rings is 2. The maximum absolute atomic E-state index is 6.65. The monoisotopic (exact) mass is 351 g/mol. The average Bonchev–Trinajstić information content (AvgIpc) is 2.89. The maximum Gasteiger partial charge on any atom is 0.139 e. The maximum atomic E-state index is 6.65. The predicted octanol–water partition coefficient (Wildman–Crippen LogP) is 6.29. The van der Waals surface area contributed by atoms with Crippen molar-refractivity contribution in [3.05, 3.63) is 75.5 Å². The normalized spacial score (nSPS) is 12.4. The molecule has 0 saturated heterocycles. The summed E-state index contributed by atoms with van der Waals surface area (Å²) in [5.41, 5.74) is 2.96. The van der Waals surface area contributed by atoms with Crippen LogP contribution in [0.1, 0.15) is 22.3 Å². The van der Waals surface area contributed by atoms with E-state index in [1.807, 2.05) is 37.3 Å². The van der Waals surface area contributed by atoms with Gasteiger partial charge in [0.1, 0.15) is 11.5 Å². The van der Waals surface area contributed by atoms with Crippen LogP contribution in [0.5, 0.6) is 0 Å². The van der Waals surface area contributed by atoms with Gasteiger partial charge in [0.15, 0.2) is 0 Å². The Balaban J connectivity index is 2.17.